The van der Waals surface area contributed by atoms with E-state index in [0.717, 1.165) is 35.7 Å². The molecular weight excluding hydrogens is 260 g/mol. The van der Waals surface area contributed by atoms with Crippen LogP contribution < -0.4 is 9.64 Å². The Hall–Kier alpha value is -2.03. The van der Waals surface area contributed by atoms with E-state index in [9.17, 15) is 0 Å². The number of nitrogens with zero attached hydrogens (tertiary/aromatic N) is 2. The smallest absolute Gasteiger partial charge is 0.128 e. The van der Waals surface area contributed by atoms with Gasteiger partial charge >= 0.3 is 0 Å². The Balaban J connectivity index is 1.92. The molecule has 0 saturated carbocycles. The third-order valence-corrected chi connectivity index (χ3v) is 4.39. The van der Waals surface area contributed by atoms with Crippen molar-refractivity contribution >= 4 is 5.69 Å². The van der Waals surface area contributed by atoms with Gasteiger partial charge in [0, 0.05) is 35.5 Å². The number of rotatable bonds is 3. The molecule has 1 aliphatic rings. The SMILES string of the molecule is COc1c(C)cnc(CN2CC(C)c3ccccc32)c1C. The van der Waals surface area contributed by atoms with E-state index in [1.54, 1.807) is 7.11 Å². The fourth-order valence-electron chi connectivity index (χ4n) is 3.28. The molecule has 1 atom stereocenters. The van der Waals surface area contributed by atoms with Gasteiger partial charge in [0.05, 0.1) is 19.3 Å². The fourth-order valence-corrected chi connectivity index (χ4v) is 3.28. The highest BCUT2D eigenvalue weighted by Gasteiger charge is 2.25. The maximum Gasteiger partial charge on any atom is 0.128 e. The summed E-state index contributed by atoms with van der Waals surface area (Å²) in [6, 6.07) is 8.67. The van der Waals surface area contributed by atoms with E-state index in [-0.39, 0.29) is 0 Å². The number of benzene rings is 1. The van der Waals surface area contributed by atoms with Crippen LogP contribution in [0.4, 0.5) is 5.69 Å². The number of fused-ring (bicyclic) bond motifs is 1. The van der Waals surface area contributed by atoms with Crippen molar-refractivity contribution in [3.05, 3.63) is 52.8 Å². The first-order valence-corrected chi connectivity index (χ1v) is 7.44. The third-order valence-electron chi connectivity index (χ3n) is 4.39. The van der Waals surface area contributed by atoms with Crippen LogP contribution in [0.2, 0.25) is 0 Å². The predicted molar refractivity (Wildman–Crippen MR) is 86.2 cm³/mol. The van der Waals surface area contributed by atoms with Crippen molar-refractivity contribution in [2.75, 3.05) is 18.6 Å². The number of aromatic nitrogens is 1. The lowest BCUT2D eigenvalue weighted by Gasteiger charge is -2.21. The molecule has 0 amide bonds. The quantitative estimate of drug-likeness (QED) is 0.855. The summed E-state index contributed by atoms with van der Waals surface area (Å²) in [5.41, 5.74) is 6.12. The van der Waals surface area contributed by atoms with E-state index >= 15 is 0 Å². The van der Waals surface area contributed by atoms with E-state index < -0.39 is 0 Å². The molecule has 1 aromatic carbocycles. The Bertz CT molecular complexity index is 666. The molecule has 0 radical (unpaired) electrons. The Kier molecular flexibility index (Phi) is 3.58. The van der Waals surface area contributed by atoms with Gasteiger partial charge < -0.3 is 9.64 Å². The Morgan fingerprint density at radius 2 is 2.05 bits per heavy atom. The van der Waals surface area contributed by atoms with Crippen molar-refractivity contribution in [3.8, 4) is 5.75 Å². The maximum atomic E-state index is 5.51. The highest BCUT2D eigenvalue weighted by atomic mass is 16.5. The van der Waals surface area contributed by atoms with Crippen LogP contribution in [0.25, 0.3) is 0 Å². The van der Waals surface area contributed by atoms with E-state index in [1.165, 1.54) is 11.3 Å². The summed E-state index contributed by atoms with van der Waals surface area (Å²) < 4.78 is 5.51. The monoisotopic (exact) mass is 282 g/mol. The first-order valence-electron chi connectivity index (χ1n) is 7.44. The first-order chi connectivity index (χ1) is 10.1. The lowest BCUT2D eigenvalue weighted by molar-refractivity contribution is 0.407. The lowest BCUT2D eigenvalue weighted by atomic mass is 10.0. The summed E-state index contributed by atoms with van der Waals surface area (Å²) >= 11 is 0. The molecule has 0 aliphatic carbocycles. The lowest BCUT2D eigenvalue weighted by Crippen LogP contribution is -2.22. The average molecular weight is 282 g/mol. The molecule has 110 valence electrons. The molecular formula is C18H22N2O. The van der Waals surface area contributed by atoms with E-state index in [2.05, 4.69) is 48.0 Å². The molecule has 1 unspecified atom stereocenters. The van der Waals surface area contributed by atoms with Gasteiger partial charge in [0.25, 0.3) is 0 Å². The van der Waals surface area contributed by atoms with Gasteiger partial charge in [0.2, 0.25) is 0 Å². The zero-order chi connectivity index (χ0) is 15.0. The summed E-state index contributed by atoms with van der Waals surface area (Å²) in [5, 5.41) is 0. The Labute approximate surface area is 126 Å². The van der Waals surface area contributed by atoms with Crippen LogP contribution >= 0.6 is 0 Å². The number of ether oxygens (including phenoxy) is 1. The van der Waals surface area contributed by atoms with Gasteiger partial charge in [-0.2, -0.15) is 0 Å². The molecule has 2 aromatic rings. The molecule has 0 saturated heterocycles. The van der Waals surface area contributed by atoms with Crippen molar-refractivity contribution in [1.82, 2.24) is 4.98 Å². The van der Waals surface area contributed by atoms with E-state index in [0.29, 0.717) is 5.92 Å². The standard InChI is InChI=1S/C18H22N2O/c1-12-9-19-16(14(3)18(12)21-4)11-20-10-13(2)15-7-5-6-8-17(15)20/h5-9,13H,10-11H2,1-4H3. The van der Waals surface area contributed by atoms with E-state index in [4.69, 9.17) is 4.74 Å². The van der Waals surface area contributed by atoms with Gasteiger partial charge in [-0.25, -0.2) is 0 Å². The molecule has 21 heavy (non-hydrogen) atoms. The van der Waals surface area contributed by atoms with Crippen LogP contribution in [0.5, 0.6) is 5.75 Å². The molecule has 1 aromatic heterocycles. The highest BCUT2D eigenvalue weighted by molar-refractivity contribution is 5.60. The minimum atomic E-state index is 0.578. The number of hydrogen-bond acceptors (Lipinski definition) is 3. The Morgan fingerprint density at radius 3 is 2.81 bits per heavy atom. The van der Waals surface area contributed by atoms with Crippen molar-refractivity contribution < 1.29 is 4.74 Å². The zero-order valence-corrected chi connectivity index (χ0v) is 13.2. The minimum Gasteiger partial charge on any atom is -0.496 e. The van der Waals surface area contributed by atoms with E-state index in [1.807, 2.05) is 13.1 Å². The molecule has 0 fully saturated rings. The minimum absolute atomic E-state index is 0.578. The third kappa shape index (κ3) is 2.37. The van der Waals surface area contributed by atoms with Crippen LogP contribution in [0.1, 0.15) is 35.2 Å². The number of anilines is 1. The molecule has 2 heterocycles. The second-order valence-corrected chi connectivity index (χ2v) is 5.89. The van der Waals surface area contributed by atoms with Crippen molar-refractivity contribution in [3.63, 3.8) is 0 Å². The average Bonchev–Trinajstić information content (AvgIpc) is 2.80. The van der Waals surface area contributed by atoms with Gasteiger partial charge in [-0.3, -0.25) is 4.98 Å². The predicted octanol–water partition coefficient (Wildman–Crippen LogP) is 3.83. The van der Waals surface area contributed by atoms with Crippen LogP contribution in [0.3, 0.4) is 0 Å². The van der Waals surface area contributed by atoms with Gasteiger partial charge in [0.15, 0.2) is 0 Å². The highest BCUT2D eigenvalue weighted by Crippen LogP contribution is 2.37. The van der Waals surface area contributed by atoms with Crippen LogP contribution in [0, 0.1) is 13.8 Å². The van der Waals surface area contributed by atoms with Gasteiger partial charge in [-0.1, -0.05) is 25.1 Å². The van der Waals surface area contributed by atoms with Gasteiger partial charge in [-0.15, -0.1) is 0 Å². The summed E-state index contributed by atoms with van der Waals surface area (Å²) in [7, 11) is 1.73. The molecule has 3 nitrogen and oxygen atoms in total. The van der Waals surface area contributed by atoms with Crippen LogP contribution in [-0.2, 0) is 6.54 Å². The molecule has 1 aliphatic heterocycles. The van der Waals surface area contributed by atoms with Crippen molar-refractivity contribution in [2.45, 2.75) is 33.2 Å². The maximum absolute atomic E-state index is 5.51. The largest absolute Gasteiger partial charge is 0.496 e. The fraction of sp³-hybridized carbons (Fsp3) is 0.389. The number of para-hydroxylation sites is 1. The number of methoxy groups -OCH3 is 1. The first kappa shape index (κ1) is 13.9. The normalized spacial score (nSPS) is 17.0. The number of pyridine rings is 1. The second kappa shape index (κ2) is 5.40. The van der Waals surface area contributed by atoms with Gasteiger partial charge in [0.1, 0.15) is 5.75 Å². The number of hydrogen-bond donors (Lipinski definition) is 0. The topological polar surface area (TPSA) is 25.4 Å². The summed E-state index contributed by atoms with van der Waals surface area (Å²) in [6.07, 6.45) is 1.91. The zero-order valence-electron chi connectivity index (χ0n) is 13.2. The molecule has 0 N–H and O–H groups in total. The van der Waals surface area contributed by atoms with Crippen LogP contribution in [0.15, 0.2) is 30.5 Å². The van der Waals surface area contributed by atoms with Crippen LogP contribution in [-0.4, -0.2) is 18.6 Å². The molecule has 0 spiro atoms. The molecule has 3 heteroatoms. The summed E-state index contributed by atoms with van der Waals surface area (Å²) in [5.74, 6) is 1.54. The van der Waals surface area contributed by atoms with Crippen molar-refractivity contribution in [1.29, 1.82) is 0 Å². The van der Waals surface area contributed by atoms with Gasteiger partial charge in [-0.05, 0) is 25.5 Å². The van der Waals surface area contributed by atoms with Crippen molar-refractivity contribution in [2.24, 2.45) is 0 Å². The number of aryl methyl sites for hydroxylation is 1. The molecule has 3 rings (SSSR count). The summed E-state index contributed by atoms with van der Waals surface area (Å²) in [6.45, 7) is 8.31. The summed E-state index contributed by atoms with van der Waals surface area (Å²) in [4.78, 5) is 7.05. The molecule has 0 bridgehead atoms. The Morgan fingerprint density at radius 1 is 1.29 bits per heavy atom. The second-order valence-electron chi connectivity index (χ2n) is 5.89.